The Morgan fingerprint density at radius 1 is 1.03 bits per heavy atom. The van der Waals surface area contributed by atoms with E-state index in [1.165, 1.54) is 23.4 Å². The van der Waals surface area contributed by atoms with Crippen LogP contribution >= 0.6 is 0 Å². The third-order valence-electron chi connectivity index (χ3n) is 6.46. The van der Waals surface area contributed by atoms with E-state index >= 15 is 0 Å². The second-order valence-corrected chi connectivity index (χ2v) is 9.50. The zero-order valence-electron chi connectivity index (χ0n) is 21.3. The molecule has 198 valence electrons. The first-order valence-corrected chi connectivity index (χ1v) is 12.4. The first-order valence-electron chi connectivity index (χ1n) is 12.4. The van der Waals surface area contributed by atoms with Crippen LogP contribution in [0.4, 0.5) is 24.7 Å². The largest absolute Gasteiger partial charge is 0.416 e. The van der Waals surface area contributed by atoms with Gasteiger partial charge >= 0.3 is 6.18 Å². The number of nitrogens with one attached hydrogen (secondary N) is 2. The molecule has 0 unspecified atom stereocenters. The highest BCUT2D eigenvalue weighted by molar-refractivity contribution is 6.04. The van der Waals surface area contributed by atoms with Crippen molar-refractivity contribution in [1.29, 1.82) is 0 Å². The highest BCUT2D eigenvalue weighted by Crippen LogP contribution is 2.33. The summed E-state index contributed by atoms with van der Waals surface area (Å²) in [5.74, 6) is 6.13. The molecule has 1 saturated carbocycles. The van der Waals surface area contributed by atoms with Crippen LogP contribution in [0.3, 0.4) is 0 Å². The fourth-order valence-corrected chi connectivity index (χ4v) is 4.03. The van der Waals surface area contributed by atoms with Gasteiger partial charge in [-0.3, -0.25) is 4.79 Å². The molecular weight excluding hydrogens is 505 g/mol. The summed E-state index contributed by atoms with van der Waals surface area (Å²) in [7, 11) is 0. The maximum atomic E-state index is 13.6. The first kappa shape index (κ1) is 26.0. The van der Waals surface area contributed by atoms with Crippen LogP contribution in [0, 0.1) is 25.7 Å². The molecule has 0 bridgehead atoms. The number of aromatic nitrogens is 4. The maximum Gasteiger partial charge on any atom is 0.416 e. The van der Waals surface area contributed by atoms with Crippen molar-refractivity contribution in [2.75, 3.05) is 10.6 Å². The highest BCUT2D eigenvalue weighted by Gasteiger charge is 2.31. The molecule has 0 aliphatic heterocycles. The summed E-state index contributed by atoms with van der Waals surface area (Å²) in [6.07, 6.45) is 1.92. The number of amides is 1. The van der Waals surface area contributed by atoms with Crippen LogP contribution in [0.2, 0.25) is 0 Å². The van der Waals surface area contributed by atoms with Crippen LogP contribution in [0.15, 0.2) is 61.1 Å². The van der Waals surface area contributed by atoms with Crippen molar-refractivity contribution < 1.29 is 18.0 Å². The molecule has 10 heteroatoms. The monoisotopic (exact) mass is 530 g/mol. The summed E-state index contributed by atoms with van der Waals surface area (Å²) in [6.45, 7) is 3.59. The van der Waals surface area contributed by atoms with Crippen molar-refractivity contribution in [1.82, 2.24) is 19.7 Å². The molecule has 0 atom stereocenters. The predicted molar refractivity (Wildman–Crippen MR) is 142 cm³/mol. The molecule has 2 aromatic heterocycles. The zero-order chi connectivity index (χ0) is 27.6. The molecular formula is C29H25F3N6O. The molecule has 1 aliphatic carbocycles. The third kappa shape index (κ3) is 6.26. The van der Waals surface area contributed by atoms with Crippen molar-refractivity contribution >= 4 is 17.4 Å². The van der Waals surface area contributed by atoms with E-state index in [0.717, 1.165) is 30.5 Å². The number of aryl methyl sites for hydroxylation is 2. The van der Waals surface area contributed by atoms with Gasteiger partial charge in [0.2, 0.25) is 0 Å². The molecule has 2 N–H and O–H groups in total. The zero-order valence-corrected chi connectivity index (χ0v) is 21.3. The lowest BCUT2D eigenvalue weighted by molar-refractivity contribution is -0.137. The molecule has 0 spiro atoms. The molecule has 1 aliphatic rings. The van der Waals surface area contributed by atoms with E-state index < -0.39 is 17.6 Å². The Labute approximate surface area is 223 Å². The van der Waals surface area contributed by atoms with E-state index in [-0.39, 0.29) is 16.9 Å². The lowest BCUT2D eigenvalue weighted by Crippen LogP contribution is -2.27. The maximum absolute atomic E-state index is 13.6. The second-order valence-electron chi connectivity index (χ2n) is 9.50. The standard InChI is InChI=1S/C29H25F3N6O/c1-18-6-7-21(12-20(18)8-9-24-10-11-27(37-36-24)34-23-4-3-5-23)28(39)35-25-13-22(29(30,31)32)14-26(15-25)38-16-19(2)33-17-38/h6-7,10-17,23H,3-5H2,1-2H3,(H,34,37)(H,35,39). The van der Waals surface area contributed by atoms with Gasteiger partial charge < -0.3 is 15.2 Å². The number of nitrogens with zero attached hydrogens (tertiary/aromatic N) is 4. The van der Waals surface area contributed by atoms with Crippen LogP contribution < -0.4 is 10.6 Å². The van der Waals surface area contributed by atoms with E-state index in [4.69, 9.17) is 0 Å². The Hall–Kier alpha value is -4.65. The Morgan fingerprint density at radius 2 is 1.85 bits per heavy atom. The molecule has 1 amide bonds. The Balaban J connectivity index is 1.35. The van der Waals surface area contributed by atoms with Crippen molar-refractivity contribution in [3.63, 3.8) is 0 Å². The lowest BCUT2D eigenvalue weighted by atomic mass is 9.93. The number of hydrogen-bond donors (Lipinski definition) is 2. The molecule has 4 aromatic rings. The minimum absolute atomic E-state index is 0.00950. The quantitative estimate of drug-likeness (QED) is 0.313. The van der Waals surface area contributed by atoms with Gasteiger partial charge in [0.1, 0.15) is 11.5 Å². The van der Waals surface area contributed by atoms with E-state index in [1.54, 1.807) is 37.4 Å². The summed E-state index contributed by atoms with van der Waals surface area (Å²) in [6, 6.07) is 12.4. The summed E-state index contributed by atoms with van der Waals surface area (Å²) in [5.41, 5.74) is 2.18. The number of alkyl halides is 3. The van der Waals surface area contributed by atoms with Gasteiger partial charge in [0.05, 0.1) is 17.6 Å². The molecule has 0 saturated heterocycles. The average Bonchev–Trinajstić information content (AvgIpc) is 3.32. The molecule has 39 heavy (non-hydrogen) atoms. The number of carbonyl (C=O) groups is 1. The molecule has 2 heterocycles. The van der Waals surface area contributed by atoms with Crippen molar-refractivity contribution in [3.8, 4) is 17.5 Å². The first-order chi connectivity index (χ1) is 18.6. The summed E-state index contributed by atoms with van der Waals surface area (Å²) >= 11 is 0. The Kier molecular flexibility index (Phi) is 7.07. The minimum atomic E-state index is -4.59. The average molecular weight is 531 g/mol. The molecule has 5 rings (SSSR count). The van der Waals surface area contributed by atoms with Gasteiger partial charge in [-0.2, -0.15) is 13.2 Å². The van der Waals surface area contributed by atoms with Crippen LogP contribution in [-0.2, 0) is 6.18 Å². The normalized spacial score (nSPS) is 13.3. The number of benzene rings is 2. The second kappa shape index (κ2) is 10.6. The number of anilines is 2. The van der Waals surface area contributed by atoms with E-state index in [9.17, 15) is 18.0 Å². The van der Waals surface area contributed by atoms with Gasteiger partial charge in [0.25, 0.3) is 5.91 Å². The summed E-state index contributed by atoms with van der Waals surface area (Å²) in [5, 5.41) is 14.2. The number of rotatable bonds is 5. The van der Waals surface area contributed by atoms with Gasteiger partial charge in [-0.1, -0.05) is 12.0 Å². The molecule has 1 fully saturated rings. The van der Waals surface area contributed by atoms with Crippen LogP contribution in [0.25, 0.3) is 5.69 Å². The fourth-order valence-electron chi connectivity index (χ4n) is 4.03. The number of imidazole rings is 1. The fraction of sp³-hybridized carbons (Fsp3) is 0.241. The number of halogens is 3. The molecule has 2 aromatic carbocycles. The third-order valence-corrected chi connectivity index (χ3v) is 6.46. The number of hydrogen-bond acceptors (Lipinski definition) is 5. The Morgan fingerprint density at radius 3 is 2.49 bits per heavy atom. The van der Waals surface area contributed by atoms with Gasteiger partial charge in [0.15, 0.2) is 0 Å². The Bertz CT molecular complexity index is 1580. The molecule has 0 radical (unpaired) electrons. The van der Waals surface area contributed by atoms with Crippen molar-refractivity contribution in [3.05, 3.63) is 94.7 Å². The van der Waals surface area contributed by atoms with Gasteiger partial charge in [-0.05, 0) is 87.1 Å². The van der Waals surface area contributed by atoms with E-state index in [1.807, 2.05) is 13.0 Å². The summed E-state index contributed by atoms with van der Waals surface area (Å²) in [4.78, 5) is 17.1. The van der Waals surface area contributed by atoms with Gasteiger partial charge in [-0.15, -0.1) is 10.2 Å². The van der Waals surface area contributed by atoms with Crippen LogP contribution in [0.5, 0.6) is 0 Å². The molecule has 7 nitrogen and oxygen atoms in total. The topological polar surface area (TPSA) is 84.7 Å². The van der Waals surface area contributed by atoms with Crippen molar-refractivity contribution in [2.24, 2.45) is 0 Å². The van der Waals surface area contributed by atoms with E-state index in [0.29, 0.717) is 28.8 Å². The summed E-state index contributed by atoms with van der Waals surface area (Å²) < 4.78 is 42.2. The lowest BCUT2D eigenvalue weighted by Gasteiger charge is -2.26. The highest BCUT2D eigenvalue weighted by atomic mass is 19.4. The smallest absolute Gasteiger partial charge is 0.366 e. The van der Waals surface area contributed by atoms with Gasteiger partial charge in [0, 0.05) is 34.7 Å². The van der Waals surface area contributed by atoms with Crippen molar-refractivity contribution in [2.45, 2.75) is 45.3 Å². The number of carbonyl (C=O) groups excluding carboxylic acids is 1. The van der Waals surface area contributed by atoms with Crippen LogP contribution in [-0.4, -0.2) is 31.7 Å². The van der Waals surface area contributed by atoms with Crippen LogP contribution in [0.1, 0.15) is 57.7 Å². The van der Waals surface area contributed by atoms with Gasteiger partial charge in [-0.25, -0.2) is 4.98 Å². The minimum Gasteiger partial charge on any atom is -0.366 e. The van der Waals surface area contributed by atoms with E-state index in [2.05, 4.69) is 37.7 Å². The SMILES string of the molecule is Cc1cn(-c2cc(NC(=O)c3ccc(C)c(C#Cc4ccc(NC5CCC5)nn4)c3)cc(C(F)(F)F)c2)cn1. The predicted octanol–water partition coefficient (Wildman–Crippen LogP) is 5.91.